The molecule has 1 aromatic heterocycles. The number of carbonyl (C=O) groups excluding carboxylic acids is 1. The van der Waals surface area contributed by atoms with Gasteiger partial charge in [0.05, 0.1) is 30.4 Å². The van der Waals surface area contributed by atoms with Gasteiger partial charge in [-0.25, -0.2) is 4.79 Å². The number of rotatable bonds is 5. The molecule has 2 aromatic carbocycles. The van der Waals surface area contributed by atoms with Crippen LogP contribution in [0.4, 0.5) is 5.69 Å². The maximum Gasteiger partial charge on any atom is 0.339 e. The van der Waals surface area contributed by atoms with E-state index in [0.717, 1.165) is 31.1 Å². The van der Waals surface area contributed by atoms with Crippen molar-refractivity contribution in [2.45, 2.75) is 44.7 Å². The first-order chi connectivity index (χ1) is 17.5. The Morgan fingerprint density at radius 1 is 1.11 bits per heavy atom. The summed E-state index contributed by atoms with van der Waals surface area (Å²) in [5.41, 5.74) is 2.12. The molecule has 36 heavy (non-hydrogen) atoms. The monoisotopic (exact) mass is 507 g/mol. The fraction of sp³-hybridized carbons (Fsp3) is 0.370. The molecular weight excluding hydrogens is 478 g/mol. The van der Waals surface area contributed by atoms with E-state index in [1.54, 1.807) is 18.2 Å². The Morgan fingerprint density at radius 2 is 1.83 bits per heavy atom. The number of methoxy groups -OCH3 is 1. The van der Waals surface area contributed by atoms with Crippen molar-refractivity contribution >= 4 is 39.9 Å². The number of para-hydroxylation sites is 1. The number of benzene rings is 2. The highest BCUT2D eigenvalue weighted by molar-refractivity contribution is 7.80. The first kappa shape index (κ1) is 24.1. The van der Waals surface area contributed by atoms with E-state index in [2.05, 4.69) is 15.2 Å². The maximum absolute atomic E-state index is 13.1. The van der Waals surface area contributed by atoms with Crippen LogP contribution in [0.1, 0.15) is 48.0 Å². The summed E-state index contributed by atoms with van der Waals surface area (Å²) >= 11 is 5.85. The molecule has 9 heteroatoms. The summed E-state index contributed by atoms with van der Waals surface area (Å²) in [4.78, 5) is 30.4. The quantitative estimate of drug-likeness (QED) is 0.382. The van der Waals surface area contributed by atoms with Crippen LogP contribution in [0.2, 0.25) is 0 Å². The highest BCUT2D eigenvalue weighted by Gasteiger charge is 2.26. The SMILES string of the molecule is COC(=O)c1ccccc1NC(=S)N(Cc1cc2cc3c(cc2[nH]c1=O)OCCO3)C1CCCCC1. The second-order valence-electron chi connectivity index (χ2n) is 9.09. The highest BCUT2D eigenvalue weighted by atomic mass is 32.1. The Labute approximate surface area is 214 Å². The Morgan fingerprint density at radius 3 is 2.58 bits per heavy atom. The third-order valence-electron chi connectivity index (χ3n) is 6.77. The molecule has 5 rings (SSSR count). The van der Waals surface area contributed by atoms with Gasteiger partial charge >= 0.3 is 5.97 Å². The van der Waals surface area contributed by atoms with Crippen LogP contribution in [-0.2, 0) is 11.3 Å². The summed E-state index contributed by atoms with van der Waals surface area (Å²) in [5, 5.41) is 4.59. The van der Waals surface area contributed by atoms with E-state index in [4.69, 9.17) is 26.4 Å². The fourth-order valence-electron chi connectivity index (χ4n) is 4.92. The van der Waals surface area contributed by atoms with Gasteiger partial charge in [-0.1, -0.05) is 31.4 Å². The molecule has 1 fully saturated rings. The largest absolute Gasteiger partial charge is 0.486 e. The van der Waals surface area contributed by atoms with Gasteiger partial charge in [0.25, 0.3) is 5.56 Å². The maximum atomic E-state index is 13.1. The Balaban J connectivity index is 1.46. The Bertz CT molecular complexity index is 1350. The highest BCUT2D eigenvalue weighted by Crippen LogP contribution is 2.34. The number of ether oxygens (including phenoxy) is 3. The van der Waals surface area contributed by atoms with Gasteiger partial charge in [0.2, 0.25) is 0 Å². The van der Waals surface area contributed by atoms with Crippen molar-refractivity contribution in [2.24, 2.45) is 0 Å². The van der Waals surface area contributed by atoms with Crippen LogP contribution in [0, 0.1) is 0 Å². The van der Waals surface area contributed by atoms with Crippen molar-refractivity contribution in [1.29, 1.82) is 0 Å². The normalized spacial score (nSPS) is 15.4. The van der Waals surface area contributed by atoms with E-state index >= 15 is 0 Å². The van der Waals surface area contributed by atoms with Crippen molar-refractivity contribution < 1.29 is 19.0 Å². The Kier molecular flexibility index (Phi) is 7.09. The van der Waals surface area contributed by atoms with Gasteiger partial charge in [0, 0.05) is 23.1 Å². The number of hydrogen-bond acceptors (Lipinski definition) is 6. The topological polar surface area (TPSA) is 92.9 Å². The number of thiocarbonyl (C=S) groups is 1. The van der Waals surface area contributed by atoms with E-state index in [0.29, 0.717) is 58.7 Å². The first-order valence-corrected chi connectivity index (χ1v) is 12.6. The van der Waals surface area contributed by atoms with Gasteiger partial charge in [0.1, 0.15) is 13.2 Å². The molecule has 2 N–H and O–H groups in total. The van der Waals surface area contributed by atoms with Crippen molar-refractivity contribution in [1.82, 2.24) is 9.88 Å². The standard InChI is InChI=1S/C27H29N3O5S/c1-33-26(32)20-9-5-6-10-21(20)29-27(36)30(19-7-3-2-4-8-19)16-18-13-17-14-23-24(35-12-11-34-23)15-22(17)28-25(18)31/h5-6,9-10,13-15,19H,2-4,7-8,11-12,16H2,1H3,(H,28,31)(H,29,36). The summed E-state index contributed by atoms with van der Waals surface area (Å²) in [7, 11) is 1.35. The summed E-state index contributed by atoms with van der Waals surface area (Å²) in [5.74, 6) is 0.869. The van der Waals surface area contributed by atoms with Crippen LogP contribution in [0.5, 0.6) is 11.5 Å². The minimum Gasteiger partial charge on any atom is -0.486 e. The van der Waals surface area contributed by atoms with E-state index in [9.17, 15) is 9.59 Å². The molecule has 0 bridgehead atoms. The number of hydrogen-bond donors (Lipinski definition) is 2. The van der Waals surface area contributed by atoms with E-state index < -0.39 is 5.97 Å². The summed E-state index contributed by atoms with van der Waals surface area (Å²) < 4.78 is 16.3. The minimum atomic E-state index is -0.439. The number of pyridine rings is 1. The second-order valence-corrected chi connectivity index (χ2v) is 9.48. The molecule has 1 aliphatic carbocycles. The summed E-state index contributed by atoms with van der Waals surface area (Å²) in [6.07, 6.45) is 5.40. The molecule has 3 aromatic rings. The zero-order valence-electron chi connectivity index (χ0n) is 20.2. The number of aromatic amines is 1. The first-order valence-electron chi connectivity index (χ1n) is 12.2. The fourth-order valence-corrected chi connectivity index (χ4v) is 5.24. The second kappa shape index (κ2) is 10.6. The van der Waals surface area contributed by atoms with E-state index in [1.165, 1.54) is 13.5 Å². The molecule has 188 valence electrons. The molecule has 2 heterocycles. The molecule has 0 atom stereocenters. The van der Waals surface area contributed by atoms with Gasteiger partial charge in [0.15, 0.2) is 16.6 Å². The van der Waals surface area contributed by atoms with Crippen LogP contribution in [-0.4, -0.2) is 47.3 Å². The smallest absolute Gasteiger partial charge is 0.339 e. The number of fused-ring (bicyclic) bond motifs is 2. The van der Waals surface area contributed by atoms with Crippen molar-refractivity contribution in [3.8, 4) is 11.5 Å². The molecule has 0 spiro atoms. The minimum absolute atomic E-state index is 0.169. The number of nitrogens with zero attached hydrogens (tertiary/aromatic N) is 1. The van der Waals surface area contributed by atoms with Crippen molar-refractivity contribution in [2.75, 3.05) is 25.6 Å². The van der Waals surface area contributed by atoms with Crippen LogP contribution in [0.3, 0.4) is 0 Å². The zero-order valence-corrected chi connectivity index (χ0v) is 21.0. The predicted octanol–water partition coefficient (Wildman–Crippen LogP) is 4.62. The van der Waals surface area contributed by atoms with Gasteiger partial charge in [-0.3, -0.25) is 4.79 Å². The van der Waals surface area contributed by atoms with Gasteiger partial charge in [-0.15, -0.1) is 0 Å². The van der Waals surface area contributed by atoms with Crippen molar-refractivity contribution in [3.05, 3.63) is 63.9 Å². The van der Waals surface area contributed by atoms with E-state index in [-0.39, 0.29) is 11.6 Å². The third kappa shape index (κ3) is 5.02. The zero-order chi connectivity index (χ0) is 25.1. The average molecular weight is 508 g/mol. The number of H-pyrrole nitrogens is 1. The number of anilines is 1. The molecule has 0 unspecified atom stereocenters. The molecule has 0 radical (unpaired) electrons. The van der Waals surface area contributed by atoms with Gasteiger partial charge in [-0.2, -0.15) is 0 Å². The predicted molar refractivity (Wildman–Crippen MR) is 142 cm³/mol. The number of carbonyl (C=O) groups is 1. The molecule has 0 saturated heterocycles. The lowest BCUT2D eigenvalue weighted by molar-refractivity contribution is 0.0602. The number of aromatic nitrogens is 1. The van der Waals surface area contributed by atoms with Crippen LogP contribution < -0.4 is 20.3 Å². The van der Waals surface area contributed by atoms with Gasteiger partial charge < -0.3 is 29.4 Å². The Hall–Kier alpha value is -3.59. The molecule has 1 saturated carbocycles. The van der Waals surface area contributed by atoms with Crippen LogP contribution in [0.15, 0.2) is 47.3 Å². The summed E-state index contributed by atoms with van der Waals surface area (Å²) in [6, 6.07) is 12.9. The lowest BCUT2D eigenvalue weighted by Crippen LogP contribution is -2.44. The molecule has 0 amide bonds. The molecule has 2 aliphatic rings. The van der Waals surface area contributed by atoms with Crippen LogP contribution in [0.25, 0.3) is 10.9 Å². The number of esters is 1. The van der Waals surface area contributed by atoms with Crippen LogP contribution >= 0.6 is 12.2 Å². The third-order valence-corrected chi connectivity index (χ3v) is 7.11. The average Bonchev–Trinajstić information content (AvgIpc) is 2.91. The molecule has 1 aliphatic heterocycles. The lowest BCUT2D eigenvalue weighted by atomic mass is 9.94. The van der Waals surface area contributed by atoms with Gasteiger partial charge in [-0.05, 0) is 49.3 Å². The number of nitrogens with one attached hydrogen (secondary N) is 2. The molecule has 8 nitrogen and oxygen atoms in total. The summed E-state index contributed by atoms with van der Waals surface area (Å²) in [6.45, 7) is 1.33. The van der Waals surface area contributed by atoms with Crippen molar-refractivity contribution in [3.63, 3.8) is 0 Å². The lowest BCUT2D eigenvalue weighted by Gasteiger charge is -2.36. The van der Waals surface area contributed by atoms with E-state index in [1.807, 2.05) is 24.3 Å². The molecular formula is C27H29N3O5S.